The lowest BCUT2D eigenvalue weighted by atomic mass is 9.73. The molecular weight excluding hydrogens is 490 g/mol. The van der Waals surface area contributed by atoms with Crippen LogP contribution < -0.4 is 10.1 Å². The van der Waals surface area contributed by atoms with E-state index in [9.17, 15) is 9.59 Å². The van der Waals surface area contributed by atoms with Crippen molar-refractivity contribution >= 4 is 11.8 Å². The second-order valence-electron chi connectivity index (χ2n) is 12.4. The first-order valence-electron chi connectivity index (χ1n) is 15.5. The topological polar surface area (TPSA) is 71.1 Å². The number of likely N-dealkylation sites (tertiary alicyclic amines) is 1. The minimum atomic E-state index is -0.454. The average molecular weight is 542 g/mol. The van der Waals surface area contributed by atoms with Crippen LogP contribution in [0, 0.1) is 11.3 Å². The van der Waals surface area contributed by atoms with Gasteiger partial charge in [-0.05, 0) is 88.1 Å². The van der Waals surface area contributed by atoms with E-state index in [2.05, 4.69) is 55.3 Å². The number of rotatable bonds is 7. The maximum absolute atomic E-state index is 14.0. The van der Waals surface area contributed by atoms with Gasteiger partial charge < -0.3 is 19.7 Å². The Bertz CT molecular complexity index is 910. The van der Waals surface area contributed by atoms with Crippen molar-refractivity contribution in [2.75, 3.05) is 39.5 Å². The first-order chi connectivity index (χ1) is 18.9. The van der Waals surface area contributed by atoms with Crippen LogP contribution >= 0.6 is 0 Å². The highest BCUT2D eigenvalue weighted by Gasteiger charge is 2.43. The number of hydrogen-bond acceptors (Lipinski definition) is 5. The third-order valence-corrected chi connectivity index (χ3v) is 8.82. The van der Waals surface area contributed by atoms with Gasteiger partial charge in [-0.3, -0.25) is 14.5 Å². The van der Waals surface area contributed by atoms with Gasteiger partial charge in [0.15, 0.2) is 0 Å². The number of carbonyl (C=O) groups is 2. The van der Waals surface area contributed by atoms with Gasteiger partial charge in [-0.25, -0.2) is 0 Å². The molecule has 7 nitrogen and oxygen atoms in total. The van der Waals surface area contributed by atoms with E-state index in [1.165, 1.54) is 5.56 Å². The van der Waals surface area contributed by atoms with E-state index in [0.717, 1.165) is 103 Å². The number of amides is 2. The van der Waals surface area contributed by atoms with E-state index in [1.807, 2.05) is 4.90 Å². The molecule has 1 spiro atoms. The van der Waals surface area contributed by atoms with Gasteiger partial charge in [0.25, 0.3) is 0 Å². The van der Waals surface area contributed by atoms with Crippen LogP contribution in [-0.4, -0.2) is 73.2 Å². The van der Waals surface area contributed by atoms with Gasteiger partial charge in [0.1, 0.15) is 11.8 Å². The lowest BCUT2D eigenvalue weighted by molar-refractivity contribution is -0.143. The van der Waals surface area contributed by atoms with E-state index in [0.29, 0.717) is 18.9 Å². The van der Waals surface area contributed by atoms with Crippen LogP contribution in [0.2, 0.25) is 0 Å². The minimum absolute atomic E-state index is 0.0826. The molecule has 0 bridgehead atoms. The van der Waals surface area contributed by atoms with Crippen molar-refractivity contribution in [2.24, 2.45) is 11.3 Å². The van der Waals surface area contributed by atoms with Crippen molar-refractivity contribution in [1.82, 2.24) is 15.1 Å². The fourth-order valence-electron chi connectivity index (χ4n) is 6.47. The first-order valence-corrected chi connectivity index (χ1v) is 15.5. The van der Waals surface area contributed by atoms with Crippen LogP contribution in [0.3, 0.4) is 0 Å². The molecule has 218 valence electrons. The highest BCUT2D eigenvalue weighted by Crippen LogP contribution is 2.38. The lowest BCUT2D eigenvalue weighted by Gasteiger charge is -2.42. The number of nitrogens with one attached hydrogen (secondary N) is 1. The monoisotopic (exact) mass is 541 g/mol. The highest BCUT2D eigenvalue weighted by molar-refractivity contribution is 5.90. The fourth-order valence-corrected chi connectivity index (χ4v) is 6.47. The van der Waals surface area contributed by atoms with Crippen molar-refractivity contribution in [2.45, 2.75) is 104 Å². The zero-order chi connectivity index (χ0) is 27.7. The van der Waals surface area contributed by atoms with E-state index >= 15 is 0 Å². The van der Waals surface area contributed by atoms with E-state index in [4.69, 9.17) is 9.47 Å². The molecule has 3 saturated heterocycles. The molecular formula is C32H51N3O4. The summed E-state index contributed by atoms with van der Waals surface area (Å²) in [5.41, 5.74) is 0.868. The summed E-state index contributed by atoms with van der Waals surface area (Å²) in [7, 11) is 0. The number of nitrogens with zero attached hydrogens (tertiary/aromatic N) is 2. The fraction of sp³-hybridized carbons (Fsp3) is 0.750. The van der Waals surface area contributed by atoms with Crippen LogP contribution in [0.15, 0.2) is 24.3 Å². The molecule has 4 rings (SSSR count). The van der Waals surface area contributed by atoms with Gasteiger partial charge in [0, 0.05) is 19.7 Å². The zero-order valence-electron chi connectivity index (χ0n) is 24.6. The summed E-state index contributed by atoms with van der Waals surface area (Å²) in [6, 6.07) is 8.10. The second-order valence-corrected chi connectivity index (χ2v) is 12.4. The Balaban J connectivity index is 1.43. The van der Waals surface area contributed by atoms with Crippen molar-refractivity contribution in [3.63, 3.8) is 0 Å². The zero-order valence-corrected chi connectivity index (χ0v) is 24.6. The average Bonchev–Trinajstić information content (AvgIpc) is 3.40. The Morgan fingerprint density at radius 3 is 2.51 bits per heavy atom. The molecule has 2 amide bonds. The molecule has 0 radical (unpaired) electrons. The molecule has 0 aliphatic carbocycles. The summed E-state index contributed by atoms with van der Waals surface area (Å²) < 4.78 is 11.7. The Kier molecular flexibility index (Phi) is 11.1. The Labute approximate surface area is 236 Å². The van der Waals surface area contributed by atoms with Gasteiger partial charge in [0.05, 0.1) is 24.7 Å². The second kappa shape index (κ2) is 14.5. The maximum atomic E-state index is 14.0. The molecule has 3 aliphatic rings. The van der Waals surface area contributed by atoms with Gasteiger partial charge in [-0.1, -0.05) is 45.7 Å². The van der Waals surface area contributed by atoms with Crippen LogP contribution in [-0.2, 0) is 20.9 Å². The number of piperidine rings is 1. The van der Waals surface area contributed by atoms with Gasteiger partial charge >= 0.3 is 0 Å². The number of carbonyl (C=O) groups excluding carboxylic acids is 2. The van der Waals surface area contributed by atoms with Crippen molar-refractivity contribution in [3.8, 4) is 5.75 Å². The Morgan fingerprint density at radius 2 is 1.79 bits per heavy atom. The summed E-state index contributed by atoms with van der Waals surface area (Å²) in [6.45, 7) is 11.9. The molecule has 1 N–H and O–H groups in total. The number of hydrogen-bond donors (Lipinski definition) is 1. The summed E-state index contributed by atoms with van der Waals surface area (Å²) in [5.74, 6) is 1.43. The third kappa shape index (κ3) is 8.20. The third-order valence-electron chi connectivity index (χ3n) is 8.82. The van der Waals surface area contributed by atoms with Crippen LogP contribution in [0.4, 0.5) is 0 Å². The molecule has 1 aromatic rings. The van der Waals surface area contributed by atoms with E-state index in [-0.39, 0.29) is 17.9 Å². The smallest absolute Gasteiger partial charge is 0.245 e. The Morgan fingerprint density at radius 1 is 1.03 bits per heavy atom. The SMILES string of the molecule is CCCOc1ccc(CN2CCC3(CCCCCOC[C@@H]4CCCN4C(=O)[C@H](CC(C)C)NC3=O)CC2)cc1. The molecule has 39 heavy (non-hydrogen) atoms. The quantitative estimate of drug-likeness (QED) is 0.516. The highest BCUT2D eigenvalue weighted by atomic mass is 16.5. The largest absolute Gasteiger partial charge is 0.494 e. The molecule has 0 saturated carbocycles. The molecule has 2 atom stereocenters. The summed E-state index contributed by atoms with van der Waals surface area (Å²) in [6.07, 6.45) is 9.34. The number of benzene rings is 1. The maximum Gasteiger partial charge on any atom is 0.245 e. The van der Waals surface area contributed by atoms with Gasteiger partial charge in [0.2, 0.25) is 11.8 Å². The molecule has 3 heterocycles. The predicted octanol–water partition coefficient (Wildman–Crippen LogP) is 5.17. The van der Waals surface area contributed by atoms with Crippen LogP contribution in [0.25, 0.3) is 0 Å². The summed E-state index contributed by atoms with van der Waals surface area (Å²) in [5, 5.41) is 3.31. The molecule has 0 aromatic heterocycles. The van der Waals surface area contributed by atoms with Crippen LogP contribution in [0.5, 0.6) is 5.75 Å². The van der Waals surface area contributed by atoms with Crippen LogP contribution in [0.1, 0.15) is 90.5 Å². The Hall–Kier alpha value is -2.12. The molecule has 3 aliphatic heterocycles. The predicted molar refractivity (Wildman–Crippen MR) is 155 cm³/mol. The number of fused-ring (bicyclic) bond motifs is 1. The molecule has 7 heteroatoms. The first kappa shape index (κ1) is 29.9. The van der Waals surface area contributed by atoms with Gasteiger partial charge in [-0.15, -0.1) is 0 Å². The molecule has 1 aromatic carbocycles. The van der Waals surface area contributed by atoms with E-state index < -0.39 is 11.5 Å². The molecule has 3 fully saturated rings. The van der Waals surface area contributed by atoms with Crippen molar-refractivity contribution < 1.29 is 19.1 Å². The molecule has 0 unspecified atom stereocenters. The normalized spacial score (nSPS) is 25.4. The van der Waals surface area contributed by atoms with E-state index in [1.54, 1.807) is 0 Å². The van der Waals surface area contributed by atoms with Crippen molar-refractivity contribution in [1.29, 1.82) is 0 Å². The standard InChI is InChI=1S/C32H51N3O4/c1-4-20-39-28-12-10-26(11-13-28)23-34-18-15-32(16-19-34)14-6-5-7-21-38-24-27-9-8-17-35(27)30(36)29(22-25(2)3)33-31(32)37/h10-13,25,27,29H,4-9,14-24H2,1-3H3,(H,33,37)/t27-,29-/m0/s1. The van der Waals surface area contributed by atoms with Gasteiger partial charge in [-0.2, -0.15) is 0 Å². The minimum Gasteiger partial charge on any atom is -0.494 e. The summed E-state index contributed by atoms with van der Waals surface area (Å²) in [4.78, 5) is 32.2. The lowest BCUT2D eigenvalue weighted by Crippen LogP contribution is -2.56. The van der Waals surface area contributed by atoms with Crippen molar-refractivity contribution in [3.05, 3.63) is 29.8 Å². The summed E-state index contributed by atoms with van der Waals surface area (Å²) >= 11 is 0. The number of ether oxygens (including phenoxy) is 2.